The molecule has 0 heterocycles. The highest BCUT2D eigenvalue weighted by molar-refractivity contribution is 5.90. The average molecular weight is 229 g/mol. The van der Waals surface area contributed by atoms with Gasteiger partial charge in [-0.05, 0) is 25.5 Å². The zero-order chi connectivity index (χ0) is 12.1. The van der Waals surface area contributed by atoms with E-state index in [-0.39, 0.29) is 18.5 Å². The van der Waals surface area contributed by atoms with Gasteiger partial charge in [0.15, 0.2) is 11.6 Å². The van der Waals surface area contributed by atoms with E-state index in [2.05, 4.69) is 5.32 Å². The molecule has 0 fully saturated rings. The standard InChI is InChI=1S/C11H13F2NO2/c1-7(15)5-6-10(16)14-9-4-2-3-8(12)11(9)13/h2-4,7,15H,5-6H2,1H3,(H,14,16). The van der Waals surface area contributed by atoms with E-state index >= 15 is 0 Å². The predicted octanol–water partition coefficient (Wildman–Crippen LogP) is 2.06. The van der Waals surface area contributed by atoms with Crippen molar-refractivity contribution in [1.29, 1.82) is 0 Å². The summed E-state index contributed by atoms with van der Waals surface area (Å²) in [7, 11) is 0. The van der Waals surface area contributed by atoms with Crippen molar-refractivity contribution in [3.05, 3.63) is 29.8 Å². The Labute approximate surface area is 92.1 Å². The number of amides is 1. The van der Waals surface area contributed by atoms with Crippen LogP contribution in [0.5, 0.6) is 0 Å². The van der Waals surface area contributed by atoms with Crippen LogP contribution in [0.1, 0.15) is 19.8 Å². The molecule has 0 bridgehead atoms. The third kappa shape index (κ3) is 3.58. The lowest BCUT2D eigenvalue weighted by molar-refractivity contribution is -0.116. The minimum Gasteiger partial charge on any atom is -0.393 e. The van der Waals surface area contributed by atoms with Crippen LogP contribution in [0.3, 0.4) is 0 Å². The molecule has 1 rings (SSSR count). The fourth-order valence-corrected chi connectivity index (χ4v) is 1.15. The molecule has 1 atom stereocenters. The summed E-state index contributed by atoms with van der Waals surface area (Å²) >= 11 is 0. The van der Waals surface area contributed by atoms with E-state index in [1.165, 1.54) is 12.1 Å². The first-order chi connectivity index (χ1) is 7.50. The number of carbonyl (C=O) groups excluding carboxylic acids is 1. The summed E-state index contributed by atoms with van der Waals surface area (Å²) in [6.07, 6.45) is -0.251. The quantitative estimate of drug-likeness (QED) is 0.830. The largest absolute Gasteiger partial charge is 0.393 e. The normalized spacial score (nSPS) is 12.2. The molecule has 5 heteroatoms. The fraction of sp³-hybridized carbons (Fsp3) is 0.364. The molecule has 0 aliphatic heterocycles. The monoisotopic (exact) mass is 229 g/mol. The summed E-state index contributed by atoms with van der Waals surface area (Å²) in [4.78, 5) is 11.3. The van der Waals surface area contributed by atoms with E-state index in [9.17, 15) is 13.6 Å². The van der Waals surface area contributed by atoms with E-state index in [4.69, 9.17) is 5.11 Å². The minimum atomic E-state index is -1.08. The summed E-state index contributed by atoms with van der Waals surface area (Å²) in [6.45, 7) is 1.55. The molecule has 16 heavy (non-hydrogen) atoms. The maximum Gasteiger partial charge on any atom is 0.224 e. The van der Waals surface area contributed by atoms with Gasteiger partial charge in [-0.3, -0.25) is 4.79 Å². The van der Waals surface area contributed by atoms with E-state index in [0.29, 0.717) is 0 Å². The molecule has 1 aromatic rings. The summed E-state index contributed by atoms with van der Waals surface area (Å²) in [5.41, 5.74) is -0.185. The van der Waals surface area contributed by atoms with Crippen molar-refractivity contribution in [2.45, 2.75) is 25.9 Å². The topological polar surface area (TPSA) is 49.3 Å². The van der Waals surface area contributed by atoms with Crippen LogP contribution in [0.2, 0.25) is 0 Å². The van der Waals surface area contributed by atoms with Gasteiger partial charge in [0.05, 0.1) is 11.8 Å². The SMILES string of the molecule is CC(O)CCC(=O)Nc1cccc(F)c1F. The van der Waals surface area contributed by atoms with Crippen molar-refractivity contribution in [3.8, 4) is 0 Å². The van der Waals surface area contributed by atoms with Gasteiger partial charge in [-0.2, -0.15) is 0 Å². The zero-order valence-corrected chi connectivity index (χ0v) is 8.84. The molecule has 0 radical (unpaired) electrons. The van der Waals surface area contributed by atoms with Crippen LogP contribution in [-0.4, -0.2) is 17.1 Å². The number of aliphatic hydroxyl groups is 1. The second kappa shape index (κ2) is 5.55. The maximum atomic E-state index is 13.1. The molecule has 88 valence electrons. The Hall–Kier alpha value is -1.49. The number of aliphatic hydroxyl groups excluding tert-OH is 1. The van der Waals surface area contributed by atoms with Crippen molar-refractivity contribution < 1.29 is 18.7 Å². The highest BCUT2D eigenvalue weighted by Gasteiger charge is 2.10. The van der Waals surface area contributed by atoms with E-state index in [1.54, 1.807) is 6.92 Å². The van der Waals surface area contributed by atoms with Crippen molar-refractivity contribution in [2.75, 3.05) is 5.32 Å². The van der Waals surface area contributed by atoms with Crippen molar-refractivity contribution in [1.82, 2.24) is 0 Å². The first-order valence-electron chi connectivity index (χ1n) is 4.92. The lowest BCUT2D eigenvalue weighted by Crippen LogP contribution is -2.15. The number of anilines is 1. The molecule has 0 spiro atoms. The van der Waals surface area contributed by atoms with Crippen LogP contribution >= 0.6 is 0 Å². The van der Waals surface area contributed by atoms with Crippen LogP contribution in [0.15, 0.2) is 18.2 Å². The Kier molecular flexibility index (Phi) is 4.37. The molecular formula is C11H13F2NO2. The first kappa shape index (κ1) is 12.6. The van der Waals surface area contributed by atoms with Gasteiger partial charge in [0.2, 0.25) is 5.91 Å². The molecule has 3 nitrogen and oxygen atoms in total. The Morgan fingerprint density at radius 3 is 2.81 bits per heavy atom. The van der Waals surface area contributed by atoms with Crippen molar-refractivity contribution >= 4 is 11.6 Å². The smallest absolute Gasteiger partial charge is 0.224 e. The van der Waals surface area contributed by atoms with Gasteiger partial charge in [0.1, 0.15) is 0 Å². The maximum absolute atomic E-state index is 13.1. The molecule has 0 aliphatic carbocycles. The first-order valence-corrected chi connectivity index (χ1v) is 4.92. The minimum absolute atomic E-state index is 0.0631. The molecule has 2 N–H and O–H groups in total. The Morgan fingerprint density at radius 1 is 1.50 bits per heavy atom. The van der Waals surface area contributed by atoms with Crippen LogP contribution in [-0.2, 0) is 4.79 Å². The van der Waals surface area contributed by atoms with Crippen LogP contribution in [0.4, 0.5) is 14.5 Å². The Morgan fingerprint density at radius 2 is 2.19 bits per heavy atom. The van der Waals surface area contributed by atoms with Gasteiger partial charge in [0.25, 0.3) is 0 Å². The molecule has 1 amide bonds. The number of rotatable bonds is 4. The third-order valence-electron chi connectivity index (χ3n) is 2.01. The van der Waals surface area contributed by atoms with Crippen LogP contribution in [0.25, 0.3) is 0 Å². The Bertz CT molecular complexity index is 380. The lowest BCUT2D eigenvalue weighted by Gasteiger charge is -2.07. The van der Waals surface area contributed by atoms with Crippen LogP contribution < -0.4 is 5.32 Å². The number of benzene rings is 1. The summed E-state index contributed by atoms with van der Waals surface area (Å²) in [5.74, 6) is -2.54. The van der Waals surface area contributed by atoms with Crippen molar-refractivity contribution in [3.63, 3.8) is 0 Å². The molecule has 0 saturated heterocycles. The van der Waals surface area contributed by atoms with Crippen LogP contribution in [0, 0.1) is 11.6 Å². The summed E-state index contributed by atoms with van der Waals surface area (Å²) in [5, 5.41) is 11.2. The van der Waals surface area contributed by atoms with Crippen molar-refractivity contribution in [2.24, 2.45) is 0 Å². The second-order valence-electron chi connectivity index (χ2n) is 3.54. The number of carbonyl (C=O) groups is 1. The second-order valence-corrected chi connectivity index (χ2v) is 3.54. The molecule has 0 aliphatic rings. The van der Waals surface area contributed by atoms with E-state index in [1.807, 2.05) is 0 Å². The average Bonchev–Trinajstić information content (AvgIpc) is 2.22. The zero-order valence-electron chi connectivity index (χ0n) is 8.84. The molecule has 1 unspecified atom stereocenters. The lowest BCUT2D eigenvalue weighted by atomic mass is 10.2. The van der Waals surface area contributed by atoms with Gasteiger partial charge in [-0.25, -0.2) is 8.78 Å². The molecule has 0 saturated carbocycles. The van der Waals surface area contributed by atoms with E-state index < -0.39 is 23.6 Å². The fourth-order valence-electron chi connectivity index (χ4n) is 1.15. The number of halogens is 2. The molecular weight excluding hydrogens is 216 g/mol. The summed E-state index contributed by atoms with van der Waals surface area (Å²) < 4.78 is 25.9. The number of hydrogen-bond acceptors (Lipinski definition) is 2. The van der Waals surface area contributed by atoms with Gasteiger partial charge < -0.3 is 10.4 Å². The van der Waals surface area contributed by atoms with Gasteiger partial charge in [-0.1, -0.05) is 6.07 Å². The third-order valence-corrected chi connectivity index (χ3v) is 2.01. The summed E-state index contributed by atoms with van der Waals surface area (Å²) in [6, 6.07) is 3.56. The van der Waals surface area contributed by atoms with E-state index in [0.717, 1.165) is 6.07 Å². The highest BCUT2D eigenvalue weighted by atomic mass is 19.2. The number of nitrogens with one attached hydrogen (secondary N) is 1. The Balaban J connectivity index is 2.59. The van der Waals surface area contributed by atoms with Gasteiger partial charge >= 0.3 is 0 Å². The number of hydrogen-bond donors (Lipinski definition) is 2. The molecule has 0 aromatic heterocycles. The van der Waals surface area contributed by atoms with Gasteiger partial charge in [-0.15, -0.1) is 0 Å². The molecule has 1 aromatic carbocycles. The predicted molar refractivity (Wildman–Crippen MR) is 55.9 cm³/mol. The van der Waals surface area contributed by atoms with Gasteiger partial charge in [0, 0.05) is 6.42 Å². The highest BCUT2D eigenvalue weighted by Crippen LogP contribution is 2.16.